The fourth-order valence-electron chi connectivity index (χ4n) is 3.23. The van der Waals surface area contributed by atoms with E-state index in [4.69, 9.17) is 20.8 Å². The number of nitrogens with one attached hydrogen (secondary N) is 1. The second-order valence-electron chi connectivity index (χ2n) is 7.14. The van der Waals surface area contributed by atoms with Crippen molar-refractivity contribution in [2.45, 2.75) is 0 Å². The van der Waals surface area contributed by atoms with Gasteiger partial charge in [0.2, 0.25) is 5.91 Å². The highest BCUT2D eigenvalue weighted by molar-refractivity contribution is 8.18. The van der Waals surface area contributed by atoms with Gasteiger partial charge in [0.15, 0.2) is 0 Å². The number of hydrogen-bond donors (Lipinski definition) is 1. The minimum atomic E-state index is -0.639. The van der Waals surface area contributed by atoms with E-state index in [1.165, 1.54) is 31.4 Å². The standard InChI is InChI=1S/C23H16ClN3O7S/c1-33-19-10-13(27(31)32)6-8-15(19)18-9-7-14(34-18)11-20-22(29)26(23(30)35-20)12-21(28)25-17-5-3-2-4-16(17)24/h2-11H,12H2,1H3,(H,25,28)/b20-11+. The number of rotatable bonds is 7. The third kappa shape index (κ3) is 5.20. The quantitative estimate of drug-likeness (QED) is 0.259. The molecule has 0 saturated carbocycles. The summed E-state index contributed by atoms with van der Waals surface area (Å²) in [6.45, 7) is -0.476. The highest BCUT2D eigenvalue weighted by Crippen LogP contribution is 2.36. The van der Waals surface area contributed by atoms with Crippen molar-refractivity contribution in [2.24, 2.45) is 0 Å². The molecule has 12 heteroatoms. The smallest absolute Gasteiger partial charge is 0.294 e. The van der Waals surface area contributed by atoms with Crippen molar-refractivity contribution < 1.29 is 28.5 Å². The van der Waals surface area contributed by atoms with Gasteiger partial charge in [0.05, 0.1) is 39.3 Å². The lowest BCUT2D eigenvalue weighted by molar-refractivity contribution is -0.384. The summed E-state index contributed by atoms with van der Waals surface area (Å²) >= 11 is 6.70. The van der Waals surface area contributed by atoms with E-state index >= 15 is 0 Å². The van der Waals surface area contributed by atoms with E-state index in [1.807, 2.05) is 0 Å². The summed E-state index contributed by atoms with van der Waals surface area (Å²) in [6, 6.07) is 13.9. The molecule has 0 aliphatic carbocycles. The monoisotopic (exact) mass is 513 g/mol. The molecule has 1 saturated heterocycles. The summed E-state index contributed by atoms with van der Waals surface area (Å²) in [6.07, 6.45) is 1.39. The molecule has 1 aromatic heterocycles. The molecule has 0 unspecified atom stereocenters. The van der Waals surface area contributed by atoms with Crippen LogP contribution in [0.15, 0.2) is 63.9 Å². The van der Waals surface area contributed by atoms with Gasteiger partial charge in [-0.2, -0.15) is 0 Å². The van der Waals surface area contributed by atoms with Crippen molar-refractivity contribution in [1.29, 1.82) is 0 Å². The number of anilines is 1. The molecule has 35 heavy (non-hydrogen) atoms. The van der Waals surface area contributed by atoms with Gasteiger partial charge in [0, 0.05) is 12.1 Å². The van der Waals surface area contributed by atoms with Crippen molar-refractivity contribution in [2.75, 3.05) is 19.0 Å². The first-order chi connectivity index (χ1) is 16.8. The molecule has 1 N–H and O–H groups in total. The molecule has 0 spiro atoms. The number of imide groups is 1. The Bertz CT molecular complexity index is 1380. The van der Waals surface area contributed by atoms with Crippen LogP contribution in [0.5, 0.6) is 5.75 Å². The summed E-state index contributed by atoms with van der Waals surface area (Å²) in [7, 11) is 1.38. The number of non-ortho nitro benzene ring substituents is 1. The van der Waals surface area contributed by atoms with Crippen LogP contribution in [0.25, 0.3) is 17.4 Å². The maximum absolute atomic E-state index is 12.7. The summed E-state index contributed by atoms with van der Waals surface area (Å²) in [5, 5.41) is 13.3. The summed E-state index contributed by atoms with van der Waals surface area (Å²) in [5.74, 6) is -0.356. The van der Waals surface area contributed by atoms with E-state index in [9.17, 15) is 24.5 Å². The van der Waals surface area contributed by atoms with Crippen LogP contribution in [-0.4, -0.2) is 40.5 Å². The van der Waals surface area contributed by atoms with E-state index in [2.05, 4.69) is 5.32 Å². The number of ether oxygens (including phenoxy) is 1. The summed E-state index contributed by atoms with van der Waals surface area (Å²) in [4.78, 5) is 48.8. The zero-order valence-corrected chi connectivity index (χ0v) is 19.6. The molecular formula is C23H16ClN3O7S. The molecule has 1 aliphatic rings. The number of carbonyl (C=O) groups is 3. The zero-order chi connectivity index (χ0) is 25.1. The fourth-order valence-corrected chi connectivity index (χ4v) is 4.23. The molecule has 0 bridgehead atoms. The number of carbonyl (C=O) groups excluding carboxylic acids is 3. The Hall–Kier alpha value is -4.09. The van der Waals surface area contributed by atoms with Crippen molar-refractivity contribution >= 4 is 57.9 Å². The Kier molecular flexibility index (Phi) is 6.90. The number of methoxy groups -OCH3 is 1. The molecule has 178 valence electrons. The summed E-state index contributed by atoms with van der Waals surface area (Å²) in [5.41, 5.74) is 0.707. The predicted octanol–water partition coefficient (Wildman–Crippen LogP) is 5.19. The maximum Gasteiger partial charge on any atom is 0.294 e. The molecule has 1 aliphatic heterocycles. The van der Waals surface area contributed by atoms with Gasteiger partial charge < -0.3 is 14.5 Å². The number of thioether (sulfide) groups is 1. The molecule has 1 fully saturated rings. The van der Waals surface area contributed by atoms with Gasteiger partial charge >= 0.3 is 0 Å². The number of para-hydroxylation sites is 1. The Labute approximate surface area is 207 Å². The number of furan rings is 1. The van der Waals surface area contributed by atoms with E-state index in [0.717, 1.165) is 4.90 Å². The third-order valence-corrected chi connectivity index (χ3v) is 6.12. The zero-order valence-electron chi connectivity index (χ0n) is 18.0. The van der Waals surface area contributed by atoms with Crippen molar-refractivity contribution in [1.82, 2.24) is 4.90 Å². The van der Waals surface area contributed by atoms with Crippen LogP contribution in [0.4, 0.5) is 16.2 Å². The Morgan fingerprint density at radius 1 is 1.23 bits per heavy atom. The number of hydrogen-bond acceptors (Lipinski definition) is 8. The molecule has 2 aromatic carbocycles. The van der Waals surface area contributed by atoms with Gasteiger partial charge in [-0.05, 0) is 42.1 Å². The topological polar surface area (TPSA) is 132 Å². The SMILES string of the molecule is COc1cc([N+](=O)[O-])ccc1-c1ccc(/C=C2/SC(=O)N(CC(=O)Nc3ccccc3Cl)C2=O)o1. The second kappa shape index (κ2) is 10.0. The first-order valence-electron chi connectivity index (χ1n) is 9.99. The van der Waals surface area contributed by atoms with Gasteiger partial charge in [-0.25, -0.2) is 0 Å². The summed E-state index contributed by atoms with van der Waals surface area (Å²) < 4.78 is 11.0. The fraction of sp³-hybridized carbons (Fsp3) is 0.0870. The van der Waals surface area contributed by atoms with Gasteiger partial charge in [-0.15, -0.1) is 0 Å². The number of nitro benzene ring substituents is 1. The molecule has 4 rings (SSSR count). The lowest BCUT2D eigenvalue weighted by Gasteiger charge is -2.13. The normalized spacial score (nSPS) is 14.5. The third-order valence-electron chi connectivity index (χ3n) is 4.88. The maximum atomic E-state index is 12.7. The Balaban J connectivity index is 1.49. The van der Waals surface area contributed by atoms with Gasteiger partial charge in [0.1, 0.15) is 23.8 Å². The Morgan fingerprint density at radius 3 is 2.71 bits per heavy atom. The number of halogens is 1. The van der Waals surface area contributed by atoms with Crippen LogP contribution in [0.3, 0.4) is 0 Å². The van der Waals surface area contributed by atoms with E-state index in [0.29, 0.717) is 33.8 Å². The minimum absolute atomic E-state index is 0.0807. The van der Waals surface area contributed by atoms with Crippen LogP contribution >= 0.6 is 23.4 Å². The first-order valence-corrected chi connectivity index (χ1v) is 11.2. The van der Waals surface area contributed by atoms with Gasteiger partial charge in [-0.3, -0.25) is 29.4 Å². The average Bonchev–Trinajstić information content (AvgIpc) is 3.40. The van der Waals surface area contributed by atoms with Crippen LogP contribution < -0.4 is 10.1 Å². The number of nitro groups is 1. The molecule has 3 aromatic rings. The lowest BCUT2D eigenvalue weighted by Crippen LogP contribution is -2.36. The van der Waals surface area contributed by atoms with Gasteiger partial charge in [-0.1, -0.05) is 23.7 Å². The highest BCUT2D eigenvalue weighted by atomic mass is 35.5. The van der Waals surface area contributed by atoms with E-state index in [1.54, 1.807) is 36.4 Å². The van der Waals surface area contributed by atoms with Crippen LogP contribution in [0.1, 0.15) is 5.76 Å². The van der Waals surface area contributed by atoms with E-state index < -0.39 is 28.5 Å². The number of nitrogens with zero attached hydrogens (tertiary/aromatic N) is 2. The minimum Gasteiger partial charge on any atom is -0.496 e. The number of benzene rings is 2. The Morgan fingerprint density at radius 2 is 2.00 bits per heavy atom. The highest BCUT2D eigenvalue weighted by Gasteiger charge is 2.36. The van der Waals surface area contributed by atoms with Crippen LogP contribution in [-0.2, 0) is 9.59 Å². The largest absolute Gasteiger partial charge is 0.496 e. The second-order valence-corrected chi connectivity index (χ2v) is 8.54. The predicted molar refractivity (Wildman–Crippen MR) is 130 cm³/mol. The van der Waals surface area contributed by atoms with Gasteiger partial charge in [0.25, 0.3) is 16.8 Å². The lowest BCUT2D eigenvalue weighted by atomic mass is 10.1. The molecule has 10 nitrogen and oxygen atoms in total. The van der Waals surface area contributed by atoms with Crippen LogP contribution in [0, 0.1) is 10.1 Å². The number of amides is 3. The molecule has 2 heterocycles. The van der Waals surface area contributed by atoms with Crippen molar-refractivity contribution in [3.8, 4) is 17.1 Å². The van der Waals surface area contributed by atoms with E-state index in [-0.39, 0.29) is 22.1 Å². The molecule has 3 amide bonds. The van der Waals surface area contributed by atoms with Crippen molar-refractivity contribution in [3.63, 3.8) is 0 Å². The molecular weight excluding hydrogens is 498 g/mol. The van der Waals surface area contributed by atoms with Crippen LogP contribution in [0.2, 0.25) is 5.02 Å². The molecule has 0 atom stereocenters. The first kappa shape index (κ1) is 24.0. The molecule has 0 radical (unpaired) electrons. The van der Waals surface area contributed by atoms with Crippen molar-refractivity contribution in [3.05, 3.63) is 80.4 Å². The average molecular weight is 514 g/mol.